The van der Waals surface area contributed by atoms with E-state index in [4.69, 9.17) is 5.11 Å². The van der Waals surface area contributed by atoms with E-state index in [1.165, 1.54) is 12.1 Å². The number of aliphatic hydroxyl groups excluding tert-OH is 1. The summed E-state index contributed by atoms with van der Waals surface area (Å²) in [5, 5.41) is 8.82. The Labute approximate surface area is 70.9 Å². The highest BCUT2D eigenvalue weighted by Crippen LogP contribution is 2.00. The van der Waals surface area contributed by atoms with E-state index < -0.39 is 6.10 Å². The zero-order chi connectivity index (χ0) is 8.97. The van der Waals surface area contributed by atoms with Crippen LogP contribution in [0.5, 0.6) is 0 Å². The summed E-state index contributed by atoms with van der Waals surface area (Å²) in [6.45, 7) is 1.58. The Bertz CT molecular complexity index is 303. The Morgan fingerprint density at radius 1 is 1.33 bits per heavy atom. The molecular weight excluding hydrogens is 155 g/mol. The molecule has 1 aromatic carbocycles. The molecule has 1 aromatic rings. The lowest BCUT2D eigenvalue weighted by molar-refractivity contribution is 0.253. The van der Waals surface area contributed by atoms with E-state index in [1.807, 2.05) is 0 Å². The molecule has 1 atom stereocenters. The molecule has 0 amide bonds. The van der Waals surface area contributed by atoms with Crippen molar-refractivity contribution in [1.29, 1.82) is 0 Å². The van der Waals surface area contributed by atoms with Gasteiger partial charge in [0.15, 0.2) is 0 Å². The second-order valence-corrected chi connectivity index (χ2v) is 2.45. The molecule has 1 rings (SSSR count). The number of hydrogen-bond acceptors (Lipinski definition) is 1. The van der Waals surface area contributed by atoms with Crippen LogP contribution in [0.25, 0.3) is 0 Å². The average Bonchev–Trinajstić information content (AvgIpc) is 2.03. The van der Waals surface area contributed by atoms with Crippen LogP contribution in [-0.4, -0.2) is 11.2 Å². The van der Waals surface area contributed by atoms with Crippen LogP contribution in [0.4, 0.5) is 4.39 Å². The molecule has 1 N–H and O–H groups in total. The van der Waals surface area contributed by atoms with Gasteiger partial charge in [0.05, 0.1) is 0 Å². The SMILES string of the molecule is C[C@@H](O)C#Cc1ccc(F)cc1. The van der Waals surface area contributed by atoms with Gasteiger partial charge >= 0.3 is 0 Å². The first-order valence-corrected chi connectivity index (χ1v) is 3.63. The highest BCUT2D eigenvalue weighted by molar-refractivity contribution is 5.34. The van der Waals surface area contributed by atoms with Gasteiger partial charge in [-0.25, -0.2) is 4.39 Å². The Morgan fingerprint density at radius 3 is 2.42 bits per heavy atom. The van der Waals surface area contributed by atoms with Crippen molar-refractivity contribution >= 4 is 0 Å². The molecular formula is C10H9FO. The van der Waals surface area contributed by atoms with E-state index >= 15 is 0 Å². The van der Waals surface area contributed by atoms with Crippen molar-refractivity contribution < 1.29 is 9.50 Å². The van der Waals surface area contributed by atoms with Crippen LogP contribution < -0.4 is 0 Å². The van der Waals surface area contributed by atoms with Crippen LogP contribution in [0.15, 0.2) is 24.3 Å². The molecule has 0 aliphatic rings. The fraction of sp³-hybridized carbons (Fsp3) is 0.200. The smallest absolute Gasteiger partial charge is 0.123 e. The predicted octanol–water partition coefficient (Wildman–Crippen LogP) is 1.56. The maximum Gasteiger partial charge on any atom is 0.123 e. The third-order valence-electron chi connectivity index (χ3n) is 1.27. The fourth-order valence-electron chi connectivity index (χ4n) is 0.721. The van der Waals surface area contributed by atoms with Gasteiger partial charge in [0.1, 0.15) is 11.9 Å². The third-order valence-corrected chi connectivity index (χ3v) is 1.27. The molecule has 0 aromatic heterocycles. The lowest BCUT2D eigenvalue weighted by Gasteiger charge is -1.90. The first-order chi connectivity index (χ1) is 5.68. The van der Waals surface area contributed by atoms with Crippen LogP contribution in [0, 0.1) is 17.7 Å². The van der Waals surface area contributed by atoms with E-state index in [2.05, 4.69) is 11.8 Å². The van der Waals surface area contributed by atoms with Gasteiger partial charge in [0.2, 0.25) is 0 Å². The van der Waals surface area contributed by atoms with Crippen molar-refractivity contribution in [3.05, 3.63) is 35.6 Å². The maximum absolute atomic E-state index is 12.4. The Hall–Kier alpha value is -1.33. The van der Waals surface area contributed by atoms with E-state index in [0.717, 1.165) is 0 Å². The number of halogens is 1. The average molecular weight is 164 g/mol. The highest BCUT2D eigenvalue weighted by atomic mass is 19.1. The molecule has 0 fully saturated rings. The number of aliphatic hydroxyl groups is 1. The van der Waals surface area contributed by atoms with Gasteiger partial charge in [-0.1, -0.05) is 11.8 Å². The summed E-state index contributed by atoms with van der Waals surface area (Å²) in [6, 6.07) is 5.83. The summed E-state index contributed by atoms with van der Waals surface area (Å²) in [4.78, 5) is 0. The van der Waals surface area contributed by atoms with Gasteiger partial charge in [-0.2, -0.15) is 0 Å². The summed E-state index contributed by atoms with van der Waals surface area (Å²) in [6.07, 6.45) is -0.643. The lowest BCUT2D eigenvalue weighted by atomic mass is 10.2. The van der Waals surface area contributed by atoms with E-state index in [-0.39, 0.29) is 5.82 Å². The van der Waals surface area contributed by atoms with E-state index in [0.29, 0.717) is 5.56 Å². The minimum Gasteiger partial charge on any atom is -0.381 e. The molecule has 0 saturated carbocycles. The zero-order valence-corrected chi connectivity index (χ0v) is 6.71. The van der Waals surface area contributed by atoms with Gasteiger partial charge in [0.25, 0.3) is 0 Å². The van der Waals surface area contributed by atoms with Crippen LogP contribution in [0.2, 0.25) is 0 Å². The van der Waals surface area contributed by atoms with Gasteiger partial charge in [0, 0.05) is 5.56 Å². The minimum absolute atomic E-state index is 0.280. The Morgan fingerprint density at radius 2 is 1.92 bits per heavy atom. The standard InChI is InChI=1S/C10H9FO/c1-8(12)2-3-9-4-6-10(11)7-5-9/h4-8,12H,1H3/t8-/m1/s1. The van der Waals surface area contributed by atoms with Gasteiger partial charge in [-0.05, 0) is 31.2 Å². The number of rotatable bonds is 0. The quantitative estimate of drug-likeness (QED) is 0.577. The van der Waals surface area contributed by atoms with Crippen molar-refractivity contribution in [2.45, 2.75) is 13.0 Å². The lowest BCUT2D eigenvalue weighted by Crippen LogP contribution is -1.92. The first kappa shape index (κ1) is 8.76. The van der Waals surface area contributed by atoms with Crippen LogP contribution >= 0.6 is 0 Å². The van der Waals surface area contributed by atoms with Crippen molar-refractivity contribution in [3.8, 4) is 11.8 Å². The topological polar surface area (TPSA) is 20.2 Å². The molecule has 62 valence electrons. The summed E-state index contributed by atoms with van der Waals surface area (Å²) >= 11 is 0. The Balaban J connectivity index is 2.79. The molecule has 0 bridgehead atoms. The molecule has 0 radical (unpaired) electrons. The monoisotopic (exact) mass is 164 g/mol. The van der Waals surface area contributed by atoms with Crippen molar-refractivity contribution in [1.82, 2.24) is 0 Å². The molecule has 1 nitrogen and oxygen atoms in total. The molecule has 0 aliphatic carbocycles. The van der Waals surface area contributed by atoms with Crippen molar-refractivity contribution in [2.75, 3.05) is 0 Å². The van der Waals surface area contributed by atoms with E-state index in [9.17, 15) is 4.39 Å². The van der Waals surface area contributed by atoms with Crippen molar-refractivity contribution in [3.63, 3.8) is 0 Å². The second-order valence-electron chi connectivity index (χ2n) is 2.45. The van der Waals surface area contributed by atoms with Crippen LogP contribution in [0.1, 0.15) is 12.5 Å². The predicted molar refractivity (Wildman–Crippen MR) is 45.0 cm³/mol. The fourth-order valence-corrected chi connectivity index (χ4v) is 0.721. The summed E-state index contributed by atoms with van der Waals surface area (Å²) in [7, 11) is 0. The molecule has 0 saturated heterocycles. The largest absolute Gasteiger partial charge is 0.381 e. The molecule has 0 unspecified atom stereocenters. The number of benzene rings is 1. The van der Waals surface area contributed by atoms with Gasteiger partial charge in [-0.3, -0.25) is 0 Å². The second kappa shape index (κ2) is 3.89. The summed E-state index contributed by atoms with van der Waals surface area (Å²) < 4.78 is 12.4. The molecule has 12 heavy (non-hydrogen) atoms. The first-order valence-electron chi connectivity index (χ1n) is 3.63. The molecule has 0 heterocycles. The summed E-state index contributed by atoms with van der Waals surface area (Å²) in [5.41, 5.74) is 0.706. The van der Waals surface area contributed by atoms with Crippen molar-refractivity contribution in [2.24, 2.45) is 0 Å². The van der Waals surface area contributed by atoms with Gasteiger partial charge < -0.3 is 5.11 Å². The third kappa shape index (κ3) is 2.73. The Kier molecular flexibility index (Phi) is 2.84. The molecule has 0 spiro atoms. The highest BCUT2D eigenvalue weighted by Gasteiger charge is 1.89. The zero-order valence-electron chi connectivity index (χ0n) is 6.71. The normalized spacial score (nSPS) is 11.6. The van der Waals surface area contributed by atoms with Crippen LogP contribution in [0.3, 0.4) is 0 Å². The van der Waals surface area contributed by atoms with Gasteiger partial charge in [-0.15, -0.1) is 0 Å². The number of hydrogen-bond donors (Lipinski definition) is 1. The maximum atomic E-state index is 12.4. The van der Waals surface area contributed by atoms with E-state index in [1.54, 1.807) is 19.1 Å². The van der Waals surface area contributed by atoms with Crippen LogP contribution in [-0.2, 0) is 0 Å². The molecule has 2 heteroatoms. The summed E-state index contributed by atoms with van der Waals surface area (Å²) in [5.74, 6) is 4.99. The minimum atomic E-state index is -0.643. The molecule has 0 aliphatic heterocycles.